The van der Waals surface area contributed by atoms with Gasteiger partial charge in [0.25, 0.3) is 0 Å². The van der Waals surface area contributed by atoms with E-state index in [0.717, 1.165) is 22.9 Å². The van der Waals surface area contributed by atoms with Crippen LogP contribution in [-0.4, -0.2) is 23.1 Å². The van der Waals surface area contributed by atoms with E-state index in [1.807, 2.05) is 13.0 Å². The predicted octanol–water partition coefficient (Wildman–Crippen LogP) is 3.79. The molecule has 1 aliphatic carbocycles. The summed E-state index contributed by atoms with van der Waals surface area (Å²) in [4.78, 5) is 22.8. The second kappa shape index (κ2) is 6.66. The fraction of sp³-hybridized carbons (Fsp3) is 0.429. The first-order valence-corrected chi connectivity index (χ1v) is 7.79. The van der Waals surface area contributed by atoms with E-state index in [4.69, 9.17) is 16.7 Å². The third-order valence-corrected chi connectivity index (χ3v) is 4.46. The van der Waals surface area contributed by atoms with E-state index < -0.39 is 12.0 Å². The quantitative estimate of drug-likeness (QED) is 0.732. The first kappa shape index (κ1) is 16.1. The van der Waals surface area contributed by atoms with Crippen LogP contribution in [-0.2, 0) is 4.79 Å². The van der Waals surface area contributed by atoms with Gasteiger partial charge in [-0.1, -0.05) is 11.6 Å². The summed E-state index contributed by atoms with van der Waals surface area (Å²) >= 11 is 9.40. The van der Waals surface area contributed by atoms with Gasteiger partial charge < -0.3 is 15.7 Å². The minimum Gasteiger partial charge on any atom is -0.481 e. The van der Waals surface area contributed by atoms with Gasteiger partial charge in [0.2, 0.25) is 0 Å². The highest BCUT2D eigenvalue weighted by molar-refractivity contribution is 9.10. The van der Waals surface area contributed by atoms with E-state index >= 15 is 0 Å². The number of carbonyl (C=O) groups is 2. The highest BCUT2D eigenvalue weighted by atomic mass is 79.9. The van der Waals surface area contributed by atoms with Gasteiger partial charge in [0.1, 0.15) is 0 Å². The lowest BCUT2D eigenvalue weighted by Crippen LogP contribution is -2.40. The van der Waals surface area contributed by atoms with E-state index in [9.17, 15) is 9.59 Å². The second-order valence-corrected chi connectivity index (χ2v) is 6.48. The lowest BCUT2D eigenvalue weighted by molar-refractivity contribution is -0.137. The minimum atomic E-state index is -0.910. The summed E-state index contributed by atoms with van der Waals surface area (Å²) < 4.78 is 0.723. The van der Waals surface area contributed by atoms with Gasteiger partial charge in [0, 0.05) is 15.5 Å². The molecule has 21 heavy (non-hydrogen) atoms. The molecule has 1 saturated carbocycles. The number of carboxylic acids is 1. The van der Waals surface area contributed by atoms with Crippen LogP contribution in [0.5, 0.6) is 0 Å². The molecule has 3 N–H and O–H groups in total. The molecule has 1 atom stereocenters. The Labute approximate surface area is 136 Å². The van der Waals surface area contributed by atoms with Crippen molar-refractivity contribution in [2.24, 2.45) is 5.92 Å². The molecule has 0 spiro atoms. The normalized spacial score (nSPS) is 15.4. The summed E-state index contributed by atoms with van der Waals surface area (Å²) in [6, 6.07) is 2.72. The van der Waals surface area contributed by atoms with Gasteiger partial charge in [-0.05, 0) is 59.3 Å². The number of aryl methyl sites for hydroxylation is 1. The highest BCUT2D eigenvalue weighted by Crippen LogP contribution is 2.34. The lowest BCUT2D eigenvalue weighted by atomic mass is 10.1. The summed E-state index contributed by atoms with van der Waals surface area (Å²) in [7, 11) is 0. The zero-order valence-electron chi connectivity index (χ0n) is 11.5. The molecule has 1 unspecified atom stereocenters. The standard InChI is InChI=1S/C14H16BrClN2O3/c1-7-4-9(15)12(5-10(7)16)18-14(21)17-11(6-13(19)20)8-2-3-8/h4-5,8,11H,2-3,6H2,1H3,(H,19,20)(H2,17,18,21). The SMILES string of the molecule is Cc1cc(Br)c(NC(=O)NC(CC(=O)O)C2CC2)cc1Cl. The number of hydrogen-bond donors (Lipinski definition) is 3. The molecule has 0 heterocycles. The van der Waals surface area contributed by atoms with Crippen molar-refractivity contribution in [3.8, 4) is 0 Å². The van der Waals surface area contributed by atoms with Crippen LogP contribution >= 0.6 is 27.5 Å². The molecule has 0 aliphatic heterocycles. The largest absolute Gasteiger partial charge is 0.481 e. The number of aliphatic carboxylic acids is 1. The maximum absolute atomic E-state index is 12.0. The van der Waals surface area contributed by atoms with Crippen molar-refractivity contribution in [3.05, 3.63) is 27.2 Å². The van der Waals surface area contributed by atoms with Crippen molar-refractivity contribution in [1.29, 1.82) is 0 Å². The summed E-state index contributed by atoms with van der Waals surface area (Å²) in [5, 5.41) is 14.8. The van der Waals surface area contributed by atoms with Crippen LogP contribution in [0.3, 0.4) is 0 Å². The van der Waals surface area contributed by atoms with Crippen molar-refractivity contribution >= 4 is 45.2 Å². The van der Waals surface area contributed by atoms with Crippen LogP contribution in [0.15, 0.2) is 16.6 Å². The molecule has 7 heteroatoms. The van der Waals surface area contributed by atoms with E-state index in [0.29, 0.717) is 10.7 Å². The topological polar surface area (TPSA) is 78.4 Å². The van der Waals surface area contributed by atoms with Gasteiger partial charge in [0.15, 0.2) is 0 Å². The van der Waals surface area contributed by atoms with Gasteiger partial charge in [-0.25, -0.2) is 4.79 Å². The first-order valence-electron chi connectivity index (χ1n) is 6.61. The molecule has 0 bridgehead atoms. The molecule has 1 aromatic carbocycles. The van der Waals surface area contributed by atoms with Gasteiger partial charge >= 0.3 is 12.0 Å². The predicted molar refractivity (Wildman–Crippen MR) is 84.8 cm³/mol. The van der Waals surface area contributed by atoms with Gasteiger partial charge in [0.05, 0.1) is 12.1 Å². The molecule has 0 saturated heterocycles. The number of halogens is 2. The van der Waals surface area contributed by atoms with Crippen LogP contribution < -0.4 is 10.6 Å². The van der Waals surface area contributed by atoms with E-state index in [-0.39, 0.29) is 18.4 Å². The molecular weight excluding hydrogens is 360 g/mol. The van der Waals surface area contributed by atoms with Gasteiger partial charge in [-0.2, -0.15) is 0 Å². The molecule has 5 nitrogen and oxygen atoms in total. The van der Waals surface area contributed by atoms with Crippen molar-refractivity contribution < 1.29 is 14.7 Å². The Balaban J connectivity index is 2.00. The lowest BCUT2D eigenvalue weighted by Gasteiger charge is -2.17. The minimum absolute atomic E-state index is 0.0616. The number of carbonyl (C=O) groups excluding carboxylic acids is 1. The van der Waals surface area contributed by atoms with Gasteiger partial charge in [-0.3, -0.25) is 4.79 Å². The van der Waals surface area contributed by atoms with E-state index in [1.165, 1.54) is 0 Å². The number of nitrogens with one attached hydrogen (secondary N) is 2. The number of amides is 2. The Kier molecular flexibility index (Phi) is 5.11. The molecule has 0 radical (unpaired) electrons. The van der Waals surface area contributed by atoms with Crippen LogP contribution in [0.2, 0.25) is 5.02 Å². The van der Waals surface area contributed by atoms with Gasteiger partial charge in [-0.15, -0.1) is 0 Å². The van der Waals surface area contributed by atoms with Crippen LogP contribution in [0.4, 0.5) is 10.5 Å². The van der Waals surface area contributed by atoms with E-state index in [2.05, 4.69) is 26.6 Å². The fourth-order valence-corrected chi connectivity index (χ4v) is 2.81. The average Bonchev–Trinajstić information content (AvgIpc) is 3.18. The monoisotopic (exact) mass is 374 g/mol. The number of urea groups is 1. The smallest absolute Gasteiger partial charge is 0.319 e. The van der Waals surface area contributed by atoms with Crippen LogP contribution in [0, 0.1) is 12.8 Å². The van der Waals surface area contributed by atoms with Crippen molar-refractivity contribution in [3.63, 3.8) is 0 Å². The Morgan fingerprint density at radius 3 is 2.71 bits per heavy atom. The zero-order valence-corrected chi connectivity index (χ0v) is 13.8. The molecule has 114 valence electrons. The first-order chi connectivity index (χ1) is 9.86. The van der Waals surface area contributed by atoms with Crippen molar-refractivity contribution in [2.75, 3.05) is 5.32 Å². The molecule has 0 aromatic heterocycles. The second-order valence-electron chi connectivity index (χ2n) is 5.22. The Morgan fingerprint density at radius 1 is 1.48 bits per heavy atom. The third kappa shape index (κ3) is 4.61. The van der Waals surface area contributed by atoms with Crippen molar-refractivity contribution in [1.82, 2.24) is 5.32 Å². The average molecular weight is 376 g/mol. The van der Waals surface area contributed by atoms with E-state index in [1.54, 1.807) is 6.07 Å². The molecule has 2 amide bonds. The summed E-state index contributed by atoms with van der Waals surface area (Å²) in [6.45, 7) is 1.87. The maximum Gasteiger partial charge on any atom is 0.319 e. The molecule has 2 rings (SSSR count). The Hall–Kier alpha value is -1.27. The number of carboxylic acid groups (broad SMARTS) is 1. The maximum atomic E-state index is 12.0. The van der Waals surface area contributed by atoms with Crippen molar-refractivity contribution in [2.45, 2.75) is 32.2 Å². The Morgan fingerprint density at radius 2 is 2.14 bits per heavy atom. The number of anilines is 1. The van der Waals surface area contributed by atoms with Crippen LogP contribution in [0.25, 0.3) is 0 Å². The van der Waals surface area contributed by atoms with Crippen LogP contribution in [0.1, 0.15) is 24.8 Å². The molecule has 1 aliphatic rings. The highest BCUT2D eigenvalue weighted by Gasteiger charge is 2.33. The third-order valence-electron chi connectivity index (χ3n) is 3.40. The Bertz CT molecular complexity index is 576. The molecule has 1 aromatic rings. The molecular formula is C14H16BrClN2O3. The number of rotatable bonds is 5. The zero-order chi connectivity index (χ0) is 15.6. The fourth-order valence-electron chi connectivity index (χ4n) is 2.09. The number of hydrogen-bond acceptors (Lipinski definition) is 2. The number of benzene rings is 1. The summed E-state index contributed by atoms with van der Waals surface area (Å²) in [5.74, 6) is -0.649. The summed E-state index contributed by atoms with van der Waals surface area (Å²) in [6.07, 6.45) is 1.85. The summed E-state index contributed by atoms with van der Waals surface area (Å²) in [5.41, 5.74) is 1.45. The molecule has 1 fully saturated rings.